The molecule has 0 saturated carbocycles. The third kappa shape index (κ3) is 4.52. The van der Waals surface area contributed by atoms with E-state index in [4.69, 9.17) is 19.0 Å². The molecule has 0 fully saturated rings. The number of methoxy groups -OCH3 is 1. The summed E-state index contributed by atoms with van der Waals surface area (Å²) in [5.41, 5.74) is 0. The van der Waals surface area contributed by atoms with Crippen molar-refractivity contribution in [3.05, 3.63) is 11.8 Å². The van der Waals surface area contributed by atoms with Gasteiger partial charge in [0.2, 0.25) is 11.8 Å². The first-order chi connectivity index (χ1) is 7.22. The zero-order valence-electron chi connectivity index (χ0n) is 8.30. The molecule has 1 N–H and O–H groups in total. The molecule has 0 unspecified atom stereocenters. The van der Waals surface area contributed by atoms with Gasteiger partial charge in [0.1, 0.15) is 13.2 Å². The number of carboxylic acids is 1. The van der Waals surface area contributed by atoms with Gasteiger partial charge in [0.05, 0.1) is 6.61 Å². The summed E-state index contributed by atoms with van der Waals surface area (Å²) in [7, 11) is 1.58. The molecule has 0 atom stereocenters. The highest BCUT2D eigenvalue weighted by atomic mass is 16.5. The molecule has 84 valence electrons. The van der Waals surface area contributed by atoms with E-state index in [1.807, 2.05) is 0 Å². The molecule has 0 bridgehead atoms. The molecule has 0 aliphatic heterocycles. The second-order valence-corrected chi connectivity index (χ2v) is 2.72. The minimum absolute atomic E-state index is 0.00623. The lowest BCUT2D eigenvalue weighted by Crippen LogP contribution is -2.06. The number of nitrogens with zero attached hydrogens (tertiary/aromatic N) is 2. The molecule has 0 spiro atoms. The van der Waals surface area contributed by atoms with Crippen LogP contribution in [0.3, 0.4) is 0 Å². The van der Waals surface area contributed by atoms with Crippen molar-refractivity contribution in [1.29, 1.82) is 0 Å². The minimum Gasteiger partial charge on any atom is -0.480 e. The van der Waals surface area contributed by atoms with E-state index in [0.29, 0.717) is 18.9 Å². The number of aromatic nitrogens is 2. The highest BCUT2D eigenvalue weighted by Crippen LogP contribution is 2.02. The van der Waals surface area contributed by atoms with Crippen molar-refractivity contribution in [2.45, 2.75) is 13.0 Å². The molecule has 7 nitrogen and oxygen atoms in total. The van der Waals surface area contributed by atoms with E-state index >= 15 is 0 Å². The zero-order chi connectivity index (χ0) is 11.1. The fourth-order valence-corrected chi connectivity index (χ4v) is 0.863. The fraction of sp³-hybridized carbons (Fsp3) is 0.625. The van der Waals surface area contributed by atoms with Gasteiger partial charge >= 0.3 is 5.97 Å². The van der Waals surface area contributed by atoms with E-state index in [9.17, 15) is 4.79 Å². The predicted octanol–water partition coefficient (Wildman–Crippen LogP) is -0.140. The quantitative estimate of drug-likeness (QED) is 0.677. The van der Waals surface area contributed by atoms with Gasteiger partial charge < -0.3 is 19.0 Å². The number of hydrogen-bond donors (Lipinski definition) is 1. The molecule has 0 aromatic carbocycles. The SMILES string of the molecule is COCCc1nnc(COCC(=O)O)o1. The van der Waals surface area contributed by atoms with Crippen molar-refractivity contribution in [3.63, 3.8) is 0 Å². The lowest BCUT2D eigenvalue weighted by atomic mass is 10.5. The van der Waals surface area contributed by atoms with Gasteiger partial charge in [-0.2, -0.15) is 0 Å². The van der Waals surface area contributed by atoms with Crippen LogP contribution in [0.15, 0.2) is 4.42 Å². The fourth-order valence-electron chi connectivity index (χ4n) is 0.863. The number of ether oxygens (including phenoxy) is 2. The monoisotopic (exact) mass is 216 g/mol. The van der Waals surface area contributed by atoms with Crippen molar-refractivity contribution >= 4 is 5.97 Å². The Morgan fingerprint density at radius 3 is 2.87 bits per heavy atom. The molecule has 15 heavy (non-hydrogen) atoms. The second kappa shape index (κ2) is 6.10. The van der Waals surface area contributed by atoms with Crippen LogP contribution in [0.25, 0.3) is 0 Å². The van der Waals surface area contributed by atoms with Crippen molar-refractivity contribution in [1.82, 2.24) is 10.2 Å². The summed E-state index contributed by atoms with van der Waals surface area (Å²) < 4.78 is 14.8. The molecule has 7 heteroatoms. The van der Waals surface area contributed by atoms with Crippen LogP contribution < -0.4 is 0 Å². The van der Waals surface area contributed by atoms with Gasteiger partial charge in [-0.25, -0.2) is 4.79 Å². The molecular formula is C8H12N2O5. The lowest BCUT2D eigenvalue weighted by Gasteiger charge is -1.95. The van der Waals surface area contributed by atoms with Gasteiger partial charge in [0.25, 0.3) is 0 Å². The standard InChI is InChI=1S/C8H12N2O5/c1-13-3-2-6-9-10-7(15-6)4-14-5-8(11)12/h2-5H2,1H3,(H,11,12). The van der Waals surface area contributed by atoms with Gasteiger partial charge in [-0.15, -0.1) is 10.2 Å². The first-order valence-electron chi connectivity index (χ1n) is 4.32. The molecule has 0 aliphatic rings. The number of hydrogen-bond acceptors (Lipinski definition) is 6. The van der Waals surface area contributed by atoms with Crippen molar-refractivity contribution in [2.24, 2.45) is 0 Å². The summed E-state index contributed by atoms with van der Waals surface area (Å²) in [5, 5.41) is 15.7. The Kier molecular flexibility index (Phi) is 4.72. The third-order valence-electron chi connectivity index (χ3n) is 1.48. The topological polar surface area (TPSA) is 94.7 Å². The summed E-state index contributed by atoms with van der Waals surface area (Å²) in [5.74, 6) is -0.317. The number of rotatable bonds is 7. The first kappa shape index (κ1) is 11.6. The number of aliphatic carboxylic acids is 1. The van der Waals surface area contributed by atoms with Crippen LogP contribution in [-0.4, -0.2) is 41.6 Å². The van der Waals surface area contributed by atoms with Crippen molar-refractivity contribution in [3.8, 4) is 0 Å². The summed E-state index contributed by atoms with van der Waals surface area (Å²) in [6.07, 6.45) is 0.530. The molecule has 1 aromatic heterocycles. The number of carbonyl (C=O) groups is 1. The average molecular weight is 216 g/mol. The smallest absolute Gasteiger partial charge is 0.329 e. The van der Waals surface area contributed by atoms with Crippen LogP contribution in [-0.2, 0) is 27.3 Å². The summed E-state index contributed by atoms with van der Waals surface area (Å²) in [4.78, 5) is 10.1. The summed E-state index contributed by atoms with van der Waals surface area (Å²) in [6, 6.07) is 0. The van der Waals surface area contributed by atoms with E-state index in [-0.39, 0.29) is 19.1 Å². The van der Waals surface area contributed by atoms with Gasteiger partial charge in [-0.3, -0.25) is 0 Å². The van der Waals surface area contributed by atoms with E-state index in [2.05, 4.69) is 10.2 Å². The van der Waals surface area contributed by atoms with Crippen LogP contribution in [0.2, 0.25) is 0 Å². The maximum Gasteiger partial charge on any atom is 0.329 e. The van der Waals surface area contributed by atoms with E-state index in [0.717, 1.165) is 0 Å². The van der Waals surface area contributed by atoms with E-state index < -0.39 is 5.97 Å². The molecule has 0 amide bonds. The molecular weight excluding hydrogens is 204 g/mol. The van der Waals surface area contributed by atoms with Crippen LogP contribution in [0.1, 0.15) is 11.8 Å². The van der Waals surface area contributed by atoms with Gasteiger partial charge in [-0.1, -0.05) is 0 Å². The molecule has 1 heterocycles. The van der Waals surface area contributed by atoms with Gasteiger partial charge in [0, 0.05) is 13.5 Å². The Morgan fingerprint density at radius 1 is 1.47 bits per heavy atom. The second-order valence-electron chi connectivity index (χ2n) is 2.72. The number of carboxylic acid groups (broad SMARTS) is 1. The molecule has 0 aliphatic carbocycles. The minimum atomic E-state index is -1.03. The Balaban J connectivity index is 2.29. The molecule has 0 radical (unpaired) electrons. The lowest BCUT2D eigenvalue weighted by molar-refractivity contribution is -0.142. The van der Waals surface area contributed by atoms with Crippen molar-refractivity contribution in [2.75, 3.05) is 20.3 Å². The van der Waals surface area contributed by atoms with Gasteiger partial charge in [0.15, 0.2) is 0 Å². The predicted molar refractivity (Wildman–Crippen MR) is 47.2 cm³/mol. The zero-order valence-corrected chi connectivity index (χ0v) is 8.30. The third-order valence-corrected chi connectivity index (χ3v) is 1.48. The normalized spacial score (nSPS) is 10.5. The molecule has 1 aromatic rings. The highest BCUT2D eigenvalue weighted by Gasteiger charge is 2.06. The van der Waals surface area contributed by atoms with Crippen LogP contribution in [0, 0.1) is 0 Å². The Morgan fingerprint density at radius 2 is 2.20 bits per heavy atom. The summed E-state index contributed by atoms with van der Waals surface area (Å²) >= 11 is 0. The maximum atomic E-state index is 10.1. The average Bonchev–Trinajstić information content (AvgIpc) is 2.62. The van der Waals surface area contributed by atoms with E-state index in [1.165, 1.54) is 0 Å². The largest absolute Gasteiger partial charge is 0.480 e. The Hall–Kier alpha value is -1.47. The van der Waals surface area contributed by atoms with Crippen molar-refractivity contribution < 1.29 is 23.8 Å². The highest BCUT2D eigenvalue weighted by molar-refractivity contribution is 5.67. The van der Waals surface area contributed by atoms with Crippen LogP contribution in [0.5, 0.6) is 0 Å². The Labute approximate surface area is 86.0 Å². The molecule has 0 saturated heterocycles. The maximum absolute atomic E-state index is 10.1. The van der Waals surface area contributed by atoms with Crippen LogP contribution >= 0.6 is 0 Å². The summed E-state index contributed by atoms with van der Waals surface area (Å²) in [6.45, 7) is 0.125. The van der Waals surface area contributed by atoms with Gasteiger partial charge in [-0.05, 0) is 0 Å². The van der Waals surface area contributed by atoms with E-state index in [1.54, 1.807) is 7.11 Å². The Bertz CT molecular complexity index is 312. The van der Waals surface area contributed by atoms with Crippen LogP contribution in [0.4, 0.5) is 0 Å². The first-order valence-corrected chi connectivity index (χ1v) is 4.32. The molecule has 1 rings (SSSR count).